The van der Waals surface area contributed by atoms with Gasteiger partial charge in [0, 0.05) is 17.0 Å². The van der Waals surface area contributed by atoms with E-state index >= 15 is 0 Å². The zero-order chi connectivity index (χ0) is 17.3. The first-order chi connectivity index (χ1) is 12.8. The van der Waals surface area contributed by atoms with Gasteiger partial charge in [-0.15, -0.1) is 0 Å². The van der Waals surface area contributed by atoms with E-state index in [2.05, 4.69) is 5.16 Å². The molecule has 2 aromatic rings. The molecule has 0 bridgehead atoms. The summed E-state index contributed by atoms with van der Waals surface area (Å²) in [4.78, 5) is 0. The van der Waals surface area contributed by atoms with Gasteiger partial charge in [0.25, 0.3) is 0 Å². The van der Waals surface area contributed by atoms with E-state index < -0.39 is 0 Å². The Balaban J connectivity index is 1.25. The minimum Gasteiger partial charge on any atom is -0.373 e. The minimum absolute atomic E-state index is 0.406. The number of hydrogen-bond donors (Lipinski definition) is 0. The fourth-order valence-corrected chi connectivity index (χ4v) is 6.10. The molecule has 4 aliphatic rings. The molecule has 5 atom stereocenters. The Kier molecular flexibility index (Phi) is 3.53. The summed E-state index contributed by atoms with van der Waals surface area (Å²) in [6.45, 7) is 0.605. The van der Waals surface area contributed by atoms with Crippen molar-refractivity contribution in [3.05, 3.63) is 40.6 Å². The summed E-state index contributed by atoms with van der Waals surface area (Å²) in [5, 5.41) is 5.12. The second-order valence-electron chi connectivity index (χ2n) is 8.86. The molecule has 4 saturated carbocycles. The van der Waals surface area contributed by atoms with Crippen LogP contribution in [0.15, 0.2) is 28.8 Å². The SMILES string of the molecule is Clc1ccccc1-c1noc(C2CC2)c1CO[C@H]1C[C@H]2CC3C[C@@H](C1)C32. The highest BCUT2D eigenvalue weighted by molar-refractivity contribution is 6.33. The Morgan fingerprint density at radius 1 is 1.04 bits per heavy atom. The highest BCUT2D eigenvalue weighted by Gasteiger charge is 2.57. The fraction of sp³-hybridized carbons (Fsp3) is 0.591. The first-order valence-corrected chi connectivity index (χ1v) is 10.5. The van der Waals surface area contributed by atoms with Gasteiger partial charge in [0.1, 0.15) is 11.5 Å². The van der Waals surface area contributed by atoms with Gasteiger partial charge < -0.3 is 9.26 Å². The summed E-state index contributed by atoms with van der Waals surface area (Å²) in [6.07, 6.45) is 8.20. The van der Waals surface area contributed by atoms with Gasteiger partial charge in [-0.3, -0.25) is 0 Å². The van der Waals surface area contributed by atoms with E-state index in [9.17, 15) is 0 Å². The molecule has 4 aliphatic carbocycles. The van der Waals surface area contributed by atoms with E-state index in [0.717, 1.165) is 51.3 Å². The normalized spacial score (nSPS) is 34.7. The summed E-state index contributed by atoms with van der Waals surface area (Å²) in [5.41, 5.74) is 2.95. The van der Waals surface area contributed by atoms with Crippen LogP contribution in [-0.2, 0) is 11.3 Å². The van der Waals surface area contributed by atoms with E-state index in [1.807, 2.05) is 24.3 Å². The number of halogens is 1. The average molecular weight is 370 g/mol. The van der Waals surface area contributed by atoms with E-state index in [-0.39, 0.29) is 0 Å². The molecule has 2 unspecified atom stereocenters. The van der Waals surface area contributed by atoms with Crippen molar-refractivity contribution in [3.63, 3.8) is 0 Å². The van der Waals surface area contributed by atoms with E-state index in [1.54, 1.807) is 0 Å². The van der Waals surface area contributed by atoms with E-state index in [0.29, 0.717) is 18.6 Å². The fourth-order valence-electron chi connectivity index (χ4n) is 5.87. The molecular weight excluding hydrogens is 346 g/mol. The third kappa shape index (κ3) is 2.40. The molecule has 4 heteroatoms. The lowest BCUT2D eigenvalue weighted by atomic mass is 9.43. The Bertz CT molecular complexity index is 826. The van der Waals surface area contributed by atoms with Crippen molar-refractivity contribution in [2.45, 2.75) is 57.2 Å². The van der Waals surface area contributed by atoms with Crippen LogP contribution in [-0.4, -0.2) is 11.3 Å². The molecule has 1 heterocycles. The Morgan fingerprint density at radius 3 is 2.46 bits per heavy atom. The summed E-state index contributed by atoms with van der Waals surface area (Å²) in [7, 11) is 0. The van der Waals surface area contributed by atoms with Gasteiger partial charge in [-0.25, -0.2) is 0 Å². The number of benzene rings is 1. The molecule has 3 nitrogen and oxygen atoms in total. The van der Waals surface area contributed by atoms with Crippen LogP contribution in [0.5, 0.6) is 0 Å². The molecule has 0 amide bonds. The van der Waals surface area contributed by atoms with Gasteiger partial charge in [-0.1, -0.05) is 35.0 Å². The third-order valence-electron chi connectivity index (χ3n) is 7.33. The highest BCUT2D eigenvalue weighted by Crippen LogP contribution is 2.63. The van der Waals surface area contributed by atoms with E-state index in [1.165, 1.54) is 38.5 Å². The van der Waals surface area contributed by atoms with Crippen LogP contribution in [0.4, 0.5) is 0 Å². The molecule has 4 fully saturated rings. The van der Waals surface area contributed by atoms with Crippen molar-refractivity contribution in [1.82, 2.24) is 5.16 Å². The Morgan fingerprint density at radius 2 is 1.77 bits per heavy atom. The van der Waals surface area contributed by atoms with Crippen molar-refractivity contribution in [2.24, 2.45) is 23.7 Å². The lowest BCUT2D eigenvalue weighted by Gasteiger charge is -2.63. The van der Waals surface area contributed by atoms with Crippen molar-refractivity contribution < 1.29 is 9.26 Å². The van der Waals surface area contributed by atoms with Gasteiger partial charge >= 0.3 is 0 Å². The topological polar surface area (TPSA) is 35.3 Å². The molecule has 0 aliphatic heterocycles. The summed E-state index contributed by atoms with van der Waals surface area (Å²) >= 11 is 6.43. The largest absolute Gasteiger partial charge is 0.373 e. The van der Waals surface area contributed by atoms with Crippen molar-refractivity contribution in [3.8, 4) is 11.3 Å². The second kappa shape index (κ2) is 5.84. The van der Waals surface area contributed by atoms with Crippen LogP contribution in [0.2, 0.25) is 5.02 Å². The zero-order valence-corrected chi connectivity index (χ0v) is 15.6. The molecule has 26 heavy (non-hydrogen) atoms. The van der Waals surface area contributed by atoms with Crippen molar-refractivity contribution in [2.75, 3.05) is 0 Å². The van der Waals surface area contributed by atoms with Crippen LogP contribution in [0, 0.1) is 23.7 Å². The van der Waals surface area contributed by atoms with Gasteiger partial charge in [0.15, 0.2) is 0 Å². The molecule has 0 radical (unpaired) electrons. The lowest BCUT2D eigenvalue weighted by molar-refractivity contribution is -0.166. The quantitative estimate of drug-likeness (QED) is 0.665. The Hall–Kier alpha value is -1.32. The minimum atomic E-state index is 0.406. The van der Waals surface area contributed by atoms with Crippen LogP contribution < -0.4 is 0 Å². The number of aromatic nitrogens is 1. The van der Waals surface area contributed by atoms with Crippen molar-refractivity contribution >= 4 is 11.6 Å². The maximum absolute atomic E-state index is 6.45. The van der Waals surface area contributed by atoms with Crippen LogP contribution in [0.25, 0.3) is 11.3 Å². The predicted octanol–water partition coefficient (Wildman–Crippen LogP) is 5.82. The maximum Gasteiger partial charge on any atom is 0.145 e. The number of ether oxygens (including phenoxy) is 1. The van der Waals surface area contributed by atoms with Gasteiger partial charge in [-0.05, 0) is 68.3 Å². The standard InChI is InChI=1S/C22H24ClNO2/c23-19-4-2-1-3-17(19)21-18(22(26-24-21)12-5-6-12)11-25-16-9-14-7-13-8-15(10-16)20(13)14/h1-4,12-16,20H,5-11H2/t13?,14-,15+,16+,20?. The molecule has 0 spiro atoms. The maximum atomic E-state index is 6.45. The van der Waals surface area contributed by atoms with E-state index in [4.69, 9.17) is 20.9 Å². The smallest absolute Gasteiger partial charge is 0.145 e. The first-order valence-electron chi connectivity index (χ1n) is 10.1. The summed E-state index contributed by atoms with van der Waals surface area (Å²) in [5.74, 6) is 5.54. The number of nitrogens with zero attached hydrogens (tertiary/aromatic N) is 1. The zero-order valence-electron chi connectivity index (χ0n) is 14.9. The summed E-state index contributed by atoms with van der Waals surface area (Å²) < 4.78 is 12.2. The third-order valence-corrected chi connectivity index (χ3v) is 7.66. The van der Waals surface area contributed by atoms with Gasteiger partial charge in [0.2, 0.25) is 0 Å². The molecule has 136 valence electrons. The summed E-state index contributed by atoms with van der Waals surface area (Å²) in [6, 6.07) is 7.89. The van der Waals surface area contributed by atoms with Gasteiger partial charge in [-0.2, -0.15) is 0 Å². The van der Waals surface area contributed by atoms with Crippen LogP contribution in [0.3, 0.4) is 0 Å². The van der Waals surface area contributed by atoms with Crippen LogP contribution in [0.1, 0.15) is 55.8 Å². The molecule has 0 N–H and O–H groups in total. The molecule has 1 aromatic carbocycles. The van der Waals surface area contributed by atoms with Gasteiger partial charge in [0.05, 0.1) is 17.7 Å². The lowest BCUT2D eigenvalue weighted by Crippen LogP contribution is -2.56. The number of rotatable bonds is 5. The average Bonchev–Trinajstić information content (AvgIpc) is 3.36. The second-order valence-corrected chi connectivity index (χ2v) is 9.27. The molecule has 6 rings (SSSR count). The Labute approximate surface area is 159 Å². The number of hydrogen-bond acceptors (Lipinski definition) is 3. The molecule has 1 aromatic heterocycles. The van der Waals surface area contributed by atoms with Crippen LogP contribution >= 0.6 is 11.6 Å². The predicted molar refractivity (Wildman–Crippen MR) is 99.9 cm³/mol. The molecule has 0 saturated heterocycles. The monoisotopic (exact) mass is 369 g/mol. The van der Waals surface area contributed by atoms with Crippen molar-refractivity contribution in [1.29, 1.82) is 0 Å². The first kappa shape index (κ1) is 15.7. The highest BCUT2D eigenvalue weighted by atomic mass is 35.5. The molecular formula is C22H24ClNO2.